The Hall–Kier alpha value is -1.56. The van der Waals surface area contributed by atoms with E-state index >= 15 is 0 Å². The second-order valence-corrected chi connectivity index (χ2v) is 4.83. The van der Waals surface area contributed by atoms with Crippen LogP contribution >= 0.6 is 0 Å². The topological polar surface area (TPSA) is 61.1 Å². The molecule has 0 aromatic heterocycles. The molecule has 0 bridgehead atoms. The third-order valence-corrected chi connectivity index (χ3v) is 2.49. The second kappa shape index (κ2) is 3.90. The van der Waals surface area contributed by atoms with Gasteiger partial charge in [-0.3, -0.25) is 0 Å². The lowest BCUT2D eigenvalue weighted by atomic mass is 9.74. The molecule has 0 amide bonds. The summed E-state index contributed by atoms with van der Waals surface area (Å²) in [6.07, 6.45) is 3.44. The predicted octanol–water partition coefficient (Wildman–Crippen LogP) is 2.66. The van der Waals surface area contributed by atoms with Crippen molar-refractivity contribution in [2.75, 3.05) is 0 Å². The van der Waals surface area contributed by atoms with Gasteiger partial charge in [-0.05, 0) is 30.8 Å². The van der Waals surface area contributed by atoms with Gasteiger partial charge in [0.05, 0.1) is 0 Å². The third-order valence-electron chi connectivity index (χ3n) is 2.49. The van der Waals surface area contributed by atoms with Crippen molar-refractivity contribution in [2.45, 2.75) is 33.6 Å². The van der Waals surface area contributed by atoms with Crippen molar-refractivity contribution in [3.8, 4) is 6.07 Å². The highest BCUT2D eigenvalue weighted by molar-refractivity contribution is 5.92. The first-order chi connectivity index (χ1) is 6.85. The maximum absolute atomic E-state index is 10.8. The van der Waals surface area contributed by atoms with E-state index in [9.17, 15) is 4.79 Å². The molecule has 1 N–H and O–H groups in total. The van der Waals surface area contributed by atoms with Gasteiger partial charge in [0.15, 0.2) is 0 Å². The highest BCUT2D eigenvalue weighted by Crippen LogP contribution is 2.38. The molecule has 15 heavy (non-hydrogen) atoms. The van der Waals surface area contributed by atoms with Crippen LogP contribution in [0, 0.1) is 16.7 Å². The fraction of sp³-hybridized carbons (Fsp3) is 0.500. The van der Waals surface area contributed by atoms with E-state index in [1.807, 2.05) is 13.0 Å². The second-order valence-electron chi connectivity index (χ2n) is 4.83. The first kappa shape index (κ1) is 11.5. The summed E-state index contributed by atoms with van der Waals surface area (Å²) in [7, 11) is 0. The number of carboxylic acid groups (broad SMARTS) is 1. The van der Waals surface area contributed by atoms with Crippen LogP contribution in [-0.2, 0) is 4.79 Å². The van der Waals surface area contributed by atoms with Crippen LogP contribution in [0.1, 0.15) is 33.6 Å². The van der Waals surface area contributed by atoms with Crippen LogP contribution in [0.4, 0.5) is 0 Å². The third kappa shape index (κ3) is 2.69. The number of aliphatic carboxylic acids is 1. The Morgan fingerprint density at radius 2 is 2.13 bits per heavy atom. The number of nitriles is 1. The van der Waals surface area contributed by atoms with Gasteiger partial charge in [0, 0.05) is 0 Å². The molecule has 3 heteroatoms. The summed E-state index contributed by atoms with van der Waals surface area (Å²) in [4.78, 5) is 10.8. The van der Waals surface area contributed by atoms with Crippen molar-refractivity contribution in [3.63, 3.8) is 0 Å². The van der Waals surface area contributed by atoms with E-state index in [0.717, 1.165) is 12.0 Å². The zero-order valence-corrected chi connectivity index (χ0v) is 9.29. The number of carbonyl (C=O) groups is 1. The van der Waals surface area contributed by atoms with Crippen LogP contribution in [0.15, 0.2) is 22.8 Å². The maximum atomic E-state index is 10.8. The van der Waals surface area contributed by atoms with Gasteiger partial charge in [0.25, 0.3) is 0 Å². The van der Waals surface area contributed by atoms with Crippen molar-refractivity contribution in [2.24, 2.45) is 5.41 Å². The van der Waals surface area contributed by atoms with E-state index in [2.05, 4.69) is 13.8 Å². The molecular formula is C12H15NO2. The van der Waals surface area contributed by atoms with Gasteiger partial charge in [-0.1, -0.05) is 25.5 Å². The number of hydrogen-bond donors (Lipinski definition) is 1. The zero-order chi connectivity index (χ0) is 11.6. The summed E-state index contributed by atoms with van der Waals surface area (Å²) in [6, 6.07) is 1.77. The van der Waals surface area contributed by atoms with Crippen LogP contribution in [-0.4, -0.2) is 11.1 Å². The lowest BCUT2D eigenvalue weighted by molar-refractivity contribution is -0.132. The molecule has 80 valence electrons. The molecule has 0 saturated carbocycles. The van der Waals surface area contributed by atoms with E-state index in [0.29, 0.717) is 12.0 Å². The van der Waals surface area contributed by atoms with Gasteiger partial charge in [0.1, 0.15) is 11.6 Å². The smallest absolute Gasteiger partial charge is 0.346 e. The highest BCUT2D eigenvalue weighted by Gasteiger charge is 2.27. The lowest BCUT2D eigenvalue weighted by Gasteiger charge is -2.30. The van der Waals surface area contributed by atoms with Gasteiger partial charge >= 0.3 is 5.97 Å². The number of hydrogen-bond acceptors (Lipinski definition) is 2. The minimum Gasteiger partial charge on any atom is -0.477 e. The van der Waals surface area contributed by atoms with Crippen LogP contribution in [0.5, 0.6) is 0 Å². The molecule has 0 spiro atoms. The Bertz CT molecular complexity index is 394. The van der Waals surface area contributed by atoms with Crippen LogP contribution in [0.2, 0.25) is 0 Å². The predicted molar refractivity (Wildman–Crippen MR) is 57.0 cm³/mol. The molecular weight excluding hydrogens is 190 g/mol. The first-order valence-electron chi connectivity index (χ1n) is 4.89. The Balaban J connectivity index is 3.22. The lowest BCUT2D eigenvalue weighted by Crippen LogP contribution is -2.18. The molecule has 0 aromatic carbocycles. The molecule has 0 aliphatic heterocycles. The molecule has 0 saturated heterocycles. The Kier molecular flexibility index (Phi) is 2.99. The molecule has 0 aromatic rings. The normalized spacial score (nSPS) is 22.7. The minimum atomic E-state index is -1.13. The molecule has 0 radical (unpaired) electrons. The molecule has 0 heterocycles. The monoisotopic (exact) mass is 205 g/mol. The largest absolute Gasteiger partial charge is 0.477 e. The summed E-state index contributed by atoms with van der Waals surface area (Å²) in [5, 5.41) is 17.7. The SMILES string of the molecule is CC1=C/C(=C(/C#N)C(=O)O)CC(C)(C)C1. The summed E-state index contributed by atoms with van der Waals surface area (Å²) >= 11 is 0. The zero-order valence-electron chi connectivity index (χ0n) is 9.29. The summed E-state index contributed by atoms with van der Waals surface area (Å²) in [5.41, 5.74) is 1.71. The van der Waals surface area contributed by atoms with E-state index in [1.54, 1.807) is 6.07 Å². The van der Waals surface area contributed by atoms with Crippen LogP contribution in [0.25, 0.3) is 0 Å². The van der Waals surface area contributed by atoms with Crippen molar-refractivity contribution in [1.29, 1.82) is 5.26 Å². The van der Waals surface area contributed by atoms with Crippen LogP contribution < -0.4 is 0 Å². The number of carboxylic acids is 1. The van der Waals surface area contributed by atoms with Gasteiger partial charge in [0.2, 0.25) is 0 Å². The Labute approximate surface area is 89.7 Å². The average molecular weight is 205 g/mol. The van der Waals surface area contributed by atoms with Crippen molar-refractivity contribution in [3.05, 3.63) is 22.8 Å². The van der Waals surface area contributed by atoms with Crippen molar-refractivity contribution >= 4 is 5.97 Å². The van der Waals surface area contributed by atoms with E-state index in [-0.39, 0.29) is 11.0 Å². The molecule has 1 aliphatic rings. The number of allylic oxidation sites excluding steroid dienone is 3. The molecule has 0 unspecified atom stereocenters. The summed E-state index contributed by atoms with van der Waals surface area (Å²) in [6.45, 7) is 6.14. The average Bonchev–Trinajstić information content (AvgIpc) is 1.99. The van der Waals surface area contributed by atoms with Gasteiger partial charge in [-0.15, -0.1) is 0 Å². The quantitative estimate of drug-likeness (QED) is 0.528. The summed E-state index contributed by atoms with van der Waals surface area (Å²) < 4.78 is 0. The standard InChI is InChI=1S/C12H15NO2/c1-8-4-9(6-12(2,3)5-8)10(7-13)11(14)15/h4H,5-6H2,1-3H3,(H,14,15)/b10-9+. The van der Waals surface area contributed by atoms with Crippen molar-refractivity contribution < 1.29 is 9.90 Å². The van der Waals surface area contributed by atoms with Gasteiger partial charge in [-0.25, -0.2) is 4.79 Å². The fourth-order valence-electron chi connectivity index (χ4n) is 2.15. The van der Waals surface area contributed by atoms with Crippen molar-refractivity contribution in [1.82, 2.24) is 0 Å². The van der Waals surface area contributed by atoms with E-state index in [1.165, 1.54) is 0 Å². The Morgan fingerprint density at radius 1 is 1.53 bits per heavy atom. The molecule has 1 aliphatic carbocycles. The van der Waals surface area contributed by atoms with E-state index < -0.39 is 5.97 Å². The number of rotatable bonds is 1. The fourth-order valence-corrected chi connectivity index (χ4v) is 2.15. The van der Waals surface area contributed by atoms with Gasteiger partial charge in [-0.2, -0.15) is 5.26 Å². The maximum Gasteiger partial charge on any atom is 0.346 e. The minimum absolute atomic E-state index is 0.0473. The van der Waals surface area contributed by atoms with E-state index in [4.69, 9.17) is 10.4 Å². The summed E-state index contributed by atoms with van der Waals surface area (Å²) in [5.74, 6) is -1.13. The molecule has 0 atom stereocenters. The van der Waals surface area contributed by atoms with Gasteiger partial charge < -0.3 is 5.11 Å². The number of nitrogens with zero attached hydrogens (tertiary/aromatic N) is 1. The molecule has 1 rings (SSSR count). The molecule has 3 nitrogen and oxygen atoms in total. The first-order valence-corrected chi connectivity index (χ1v) is 4.89. The Morgan fingerprint density at radius 3 is 2.53 bits per heavy atom. The highest BCUT2D eigenvalue weighted by atomic mass is 16.4. The molecule has 0 fully saturated rings. The van der Waals surface area contributed by atoms with Crippen LogP contribution in [0.3, 0.4) is 0 Å².